The van der Waals surface area contributed by atoms with Gasteiger partial charge in [0.15, 0.2) is 0 Å². The smallest absolute Gasteiger partial charge is 0.0482 e. The number of rotatable bonds is 0. The molecule has 0 atom stereocenters. The standard InChI is InChI=1S/C6H9NS.ClH/c1-4-3-8-5(2)6(4)7;/h3H,7H2,1-2H3;1H. The van der Waals surface area contributed by atoms with Gasteiger partial charge in [-0.05, 0) is 24.8 Å². The number of halogens is 1. The minimum atomic E-state index is 0. The van der Waals surface area contributed by atoms with Gasteiger partial charge in [0.2, 0.25) is 0 Å². The summed E-state index contributed by atoms with van der Waals surface area (Å²) in [6.45, 7) is 4.06. The summed E-state index contributed by atoms with van der Waals surface area (Å²) in [6.07, 6.45) is 0. The van der Waals surface area contributed by atoms with Crippen molar-refractivity contribution in [1.29, 1.82) is 0 Å². The highest BCUT2D eigenvalue weighted by Gasteiger charge is 1.96. The fourth-order valence-electron chi connectivity index (χ4n) is 0.581. The van der Waals surface area contributed by atoms with Gasteiger partial charge in [0.1, 0.15) is 0 Å². The lowest BCUT2D eigenvalue weighted by Crippen LogP contribution is -1.84. The van der Waals surface area contributed by atoms with E-state index in [1.54, 1.807) is 11.3 Å². The molecule has 1 heterocycles. The zero-order chi connectivity index (χ0) is 6.15. The molecular formula is C6H10ClNS. The minimum absolute atomic E-state index is 0. The molecular weight excluding hydrogens is 154 g/mol. The number of hydrogen-bond acceptors (Lipinski definition) is 2. The Kier molecular flexibility index (Phi) is 3.01. The first-order valence-electron chi connectivity index (χ1n) is 2.52. The highest BCUT2D eigenvalue weighted by atomic mass is 35.5. The lowest BCUT2D eigenvalue weighted by molar-refractivity contribution is 1.50. The van der Waals surface area contributed by atoms with Crippen LogP contribution < -0.4 is 5.73 Å². The molecule has 0 aliphatic rings. The molecule has 0 bridgehead atoms. The van der Waals surface area contributed by atoms with Gasteiger partial charge in [0.05, 0.1) is 0 Å². The Morgan fingerprint density at radius 2 is 2.00 bits per heavy atom. The molecule has 0 spiro atoms. The molecule has 0 aromatic carbocycles. The fourth-order valence-corrected chi connectivity index (χ4v) is 1.35. The van der Waals surface area contributed by atoms with Gasteiger partial charge in [0, 0.05) is 10.6 Å². The number of thiophene rings is 1. The van der Waals surface area contributed by atoms with Gasteiger partial charge in [0.25, 0.3) is 0 Å². The number of nitrogen functional groups attached to an aromatic ring is 1. The Morgan fingerprint density at radius 1 is 1.44 bits per heavy atom. The van der Waals surface area contributed by atoms with Gasteiger partial charge in [-0.15, -0.1) is 23.7 Å². The van der Waals surface area contributed by atoms with Gasteiger partial charge < -0.3 is 5.73 Å². The van der Waals surface area contributed by atoms with E-state index >= 15 is 0 Å². The van der Waals surface area contributed by atoms with Gasteiger partial charge in [-0.2, -0.15) is 0 Å². The van der Waals surface area contributed by atoms with Gasteiger partial charge in [-0.25, -0.2) is 0 Å². The monoisotopic (exact) mass is 163 g/mol. The first-order chi connectivity index (χ1) is 3.72. The van der Waals surface area contributed by atoms with E-state index in [4.69, 9.17) is 5.73 Å². The van der Waals surface area contributed by atoms with Crippen LogP contribution in [0.3, 0.4) is 0 Å². The van der Waals surface area contributed by atoms with Crippen LogP contribution in [0, 0.1) is 13.8 Å². The van der Waals surface area contributed by atoms with Crippen molar-refractivity contribution in [3.8, 4) is 0 Å². The molecule has 0 radical (unpaired) electrons. The quantitative estimate of drug-likeness (QED) is 0.625. The van der Waals surface area contributed by atoms with Crippen LogP contribution in [0.5, 0.6) is 0 Å². The summed E-state index contributed by atoms with van der Waals surface area (Å²) < 4.78 is 0. The first-order valence-corrected chi connectivity index (χ1v) is 3.40. The third-order valence-corrected chi connectivity index (χ3v) is 2.26. The lowest BCUT2D eigenvalue weighted by atomic mass is 10.3. The third-order valence-electron chi connectivity index (χ3n) is 1.22. The van der Waals surface area contributed by atoms with Crippen LogP contribution in [0.15, 0.2) is 5.38 Å². The molecule has 52 valence electrons. The molecule has 1 rings (SSSR count). The zero-order valence-corrected chi connectivity index (χ0v) is 7.10. The number of anilines is 1. The average molecular weight is 164 g/mol. The Morgan fingerprint density at radius 3 is 2.11 bits per heavy atom. The summed E-state index contributed by atoms with van der Waals surface area (Å²) >= 11 is 1.71. The normalized spacial score (nSPS) is 8.67. The highest BCUT2D eigenvalue weighted by molar-refractivity contribution is 7.10. The van der Waals surface area contributed by atoms with E-state index in [2.05, 4.69) is 5.38 Å². The summed E-state index contributed by atoms with van der Waals surface area (Å²) in [5.74, 6) is 0. The number of hydrogen-bond donors (Lipinski definition) is 1. The maximum Gasteiger partial charge on any atom is 0.0482 e. The van der Waals surface area contributed by atoms with E-state index in [0.29, 0.717) is 0 Å². The molecule has 0 unspecified atom stereocenters. The van der Waals surface area contributed by atoms with E-state index in [0.717, 1.165) is 5.69 Å². The summed E-state index contributed by atoms with van der Waals surface area (Å²) in [5.41, 5.74) is 7.77. The Hall–Kier alpha value is -0.210. The third kappa shape index (κ3) is 1.60. The molecule has 1 aromatic rings. The largest absolute Gasteiger partial charge is 0.398 e. The summed E-state index contributed by atoms with van der Waals surface area (Å²) in [6, 6.07) is 0. The van der Waals surface area contributed by atoms with Gasteiger partial charge in [-0.1, -0.05) is 0 Å². The lowest BCUT2D eigenvalue weighted by Gasteiger charge is -1.87. The van der Waals surface area contributed by atoms with Crippen LogP contribution in [0.4, 0.5) is 5.69 Å². The Labute approximate surface area is 65.3 Å². The van der Waals surface area contributed by atoms with E-state index in [-0.39, 0.29) is 12.4 Å². The number of aryl methyl sites for hydroxylation is 2. The summed E-state index contributed by atoms with van der Waals surface area (Å²) in [5, 5.41) is 2.07. The van der Waals surface area contributed by atoms with Crippen LogP contribution in [0.1, 0.15) is 10.4 Å². The van der Waals surface area contributed by atoms with Crippen LogP contribution in [-0.4, -0.2) is 0 Å². The SMILES string of the molecule is Cc1csc(C)c1N.Cl. The predicted molar refractivity (Wildman–Crippen MR) is 45.5 cm³/mol. The molecule has 9 heavy (non-hydrogen) atoms. The van der Waals surface area contributed by atoms with Crippen molar-refractivity contribution in [1.82, 2.24) is 0 Å². The van der Waals surface area contributed by atoms with Gasteiger partial charge in [-0.3, -0.25) is 0 Å². The summed E-state index contributed by atoms with van der Waals surface area (Å²) in [7, 11) is 0. The molecule has 0 amide bonds. The molecule has 1 nitrogen and oxygen atoms in total. The topological polar surface area (TPSA) is 26.0 Å². The van der Waals surface area contributed by atoms with E-state index in [1.807, 2.05) is 13.8 Å². The van der Waals surface area contributed by atoms with Crippen LogP contribution in [0.2, 0.25) is 0 Å². The molecule has 0 saturated heterocycles. The van der Waals surface area contributed by atoms with Crippen molar-refractivity contribution < 1.29 is 0 Å². The Balaban J connectivity index is 0.000000640. The van der Waals surface area contributed by atoms with Crippen LogP contribution in [0.25, 0.3) is 0 Å². The fraction of sp³-hybridized carbons (Fsp3) is 0.333. The summed E-state index contributed by atoms with van der Waals surface area (Å²) in [4.78, 5) is 1.22. The minimum Gasteiger partial charge on any atom is -0.398 e. The van der Waals surface area contributed by atoms with Crippen molar-refractivity contribution in [2.24, 2.45) is 0 Å². The van der Waals surface area contributed by atoms with E-state index < -0.39 is 0 Å². The molecule has 3 heteroatoms. The Bertz CT molecular complexity index is 175. The van der Waals surface area contributed by atoms with Crippen LogP contribution >= 0.6 is 23.7 Å². The van der Waals surface area contributed by atoms with Crippen molar-refractivity contribution in [3.05, 3.63) is 15.8 Å². The molecule has 2 N–H and O–H groups in total. The maximum absolute atomic E-state index is 5.61. The molecule has 0 saturated carbocycles. The van der Waals surface area contributed by atoms with Crippen LogP contribution in [-0.2, 0) is 0 Å². The molecule has 1 aromatic heterocycles. The second-order valence-electron chi connectivity index (χ2n) is 1.89. The zero-order valence-electron chi connectivity index (χ0n) is 5.47. The number of nitrogens with two attached hydrogens (primary N) is 1. The van der Waals surface area contributed by atoms with Crippen molar-refractivity contribution in [2.75, 3.05) is 5.73 Å². The molecule has 0 aliphatic heterocycles. The average Bonchev–Trinajstić information content (AvgIpc) is 1.98. The van der Waals surface area contributed by atoms with Crippen molar-refractivity contribution >= 4 is 29.4 Å². The second-order valence-corrected chi connectivity index (χ2v) is 2.97. The molecule has 0 aliphatic carbocycles. The van der Waals surface area contributed by atoms with Crippen molar-refractivity contribution in [2.45, 2.75) is 13.8 Å². The highest BCUT2D eigenvalue weighted by Crippen LogP contribution is 2.22. The molecule has 0 fully saturated rings. The second kappa shape index (κ2) is 3.08. The maximum atomic E-state index is 5.61. The van der Waals surface area contributed by atoms with E-state index in [9.17, 15) is 0 Å². The predicted octanol–water partition coefficient (Wildman–Crippen LogP) is 2.37. The van der Waals surface area contributed by atoms with Gasteiger partial charge >= 0.3 is 0 Å². The first kappa shape index (κ1) is 8.79. The van der Waals surface area contributed by atoms with Crippen molar-refractivity contribution in [3.63, 3.8) is 0 Å². The van der Waals surface area contributed by atoms with E-state index in [1.165, 1.54) is 10.4 Å².